The molecule has 0 atom stereocenters. The zero-order chi connectivity index (χ0) is 22.9. The number of ether oxygens (including phenoxy) is 3. The van der Waals surface area contributed by atoms with Crippen LogP contribution in [0.2, 0.25) is 0 Å². The molecule has 0 bridgehead atoms. The van der Waals surface area contributed by atoms with Crippen LogP contribution in [0.5, 0.6) is 40.2 Å². The lowest BCUT2D eigenvalue weighted by Crippen LogP contribution is -2.08. The van der Waals surface area contributed by atoms with E-state index in [0.29, 0.717) is 29.7 Å². The number of benzene rings is 2. The van der Waals surface area contributed by atoms with E-state index in [1.54, 1.807) is 0 Å². The van der Waals surface area contributed by atoms with Crippen molar-refractivity contribution in [1.82, 2.24) is 0 Å². The average molecular weight is 426 g/mol. The zero-order valence-corrected chi connectivity index (χ0v) is 18.2. The van der Waals surface area contributed by atoms with Gasteiger partial charge >= 0.3 is 5.97 Å². The van der Waals surface area contributed by atoms with Crippen molar-refractivity contribution in [3.05, 3.63) is 52.1 Å². The zero-order valence-electron chi connectivity index (χ0n) is 18.2. The van der Waals surface area contributed by atoms with Crippen LogP contribution in [0.1, 0.15) is 49.2 Å². The molecule has 3 rings (SSSR count). The molecule has 164 valence electrons. The summed E-state index contributed by atoms with van der Waals surface area (Å²) >= 11 is 0. The first-order valence-corrected chi connectivity index (χ1v) is 9.81. The fourth-order valence-electron chi connectivity index (χ4n) is 3.18. The van der Waals surface area contributed by atoms with Crippen LogP contribution in [-0.4, -0.2) is 28.4 Å². The van der Waals surface area contributed by atoms with Crippen molar-refractivity contribution in [1.29, 1.82) is 0 Å². The Morgan fingerprint density at radius 1 is 0.903 bits per heavy atom. The van der Waals surface area contributed by atoms with Crippen molar-refractivity contribution in [3.63, 3.8) is 0 Å². The standard InChI is InChI=1S/C24H26O7/c1-12(2)6-8-14-10-16-22(21(27)19(14)25)30-18-11-17(29-5)15(9-7-13(3)4)20(26)23(18)31-24(16)28/h6-7,10-11,25-27H,8-9H2,1-5H3. The minimum Gasteiger partial charge on any atom is -0.504 e. The van der Waals surface area contributed by atoms with Gasteiger partial charge in [-0.25, -0.2) is 4.79 Å². The molecular formula is C24H26O7. The van der Waals surface area contributed by atoms with Crippen molar-refractivity contribution >= 4 is 5.97 Å². The summed E-state index contributed by atoms with van der Waals surface area (Å²) in [5.41, 5.74) is 2.77. The van der Waals surface area contributed by atoms with Gasteiger partial charge in [-0.1, -0.05) is 23.3 Å². The lowest BCUT2D eigenvalue weighted by Gasteiger charge is -2.15. The van der Waals surface area contributed by atoms with E-state index in [1.807, 2.05) is 39.8 Å². The number of hydrogen-bond acceptors (Lipinski definition) is 7. The quantitative estimate of drug-likeness (QED) is 0.263. The molecule has 31 heavy (non-hydrogen) atoms. The normalized spacial score (nSPS) is 12.0. The summed E-state index contributed by atoms with van der Waals surface area (Å²) in [6, 6.07) is 2.88. The van der Waals surface area contributed by atoms with Gasteiger partial charge in [-0.3, -0.25) is 0 Å². The van der Waals surface area contributed by atoms with Crippen LogP contribution in [0, 0.1) is 0 Å². The van der Waals surface area contributed by atoms with Gasteiger partial charge in [0.15, 0.2) is 23.0 Å². The number of phenols is 3. The fraction of sp³-hybridized carbons (Fsp3) is 0.292. The molecule has 1 heterocycles. The van der Waals surface area contributed by atoms with Crippen LogP contribution in [-0.2, 0) is 12.8 Å². The predicted octanol–water partition coefficient (Wildman–Crippen LogP) is 5.15. The van der Waals surface area contributed by atoms with E-state index in [9.17, 15) is 20.1 Å². The summed E-state index contributed by atoms with van der Waals surface area (Å²) < 4.78 is 16.6. The SMILES string of the molecule is COc1cc2c(c(O)c1CC=C(C)C)OC(=O)c1cc(CC=C(C)C)c(O)c(O)c1O2. The number of rotatable bonds is 5. The van der Waals surface area contributed by atoms with E-state index in [0.717, 1.165) is 11.1 Å². The molecule has 1 aliphatic heterocycles. The smallest absolute Gasteiger partial charge is 0.347 e. The molecule has 0 saturated heterocycles. The van der Waals surface area contributed by atoms with Crippen LogP contribution in [0.15, 0.2) is 35.4 Å². The van der Waals surface area contributed by atoms with Gasteiger partial charge in [0.25, 0.3) is 0 Å². The summed E-state index contributed by atoms with van der Waals surface area (Å²) in [5, 5.41) is 31.8. The number of phenolic OH excluding ortho intramolecular Hbond substituents is 3. The lowest BCUT2D eigenvalue weighted by atomic mass is 10.0. The van der Waals surface area contributed by atoms with Crippen molar-refractivity contribution in [2.24, 2.45) is 0 Å². The van der Waals surface area contributed by atoms with Crippen molar-refractivity contribution in [2.45, 2.75) is 40.5 Å². The molecule has 0 unspecified atom stereocenters. The molecule has 0 spiro atoms. The highest BCUT2D eigenvalue weighted by atomic mass is 16.6. The number of carbonyl (C=O) groups excluding carboxylic acids is 1. The number of aromatic hydroxyl groups is 3. The molecule has 0 fully saturated rings. The highest BCUT2D eigenvalue weighted by molar-refractivity contribution is 5.97. The van der Waals surface area contributed by atoms with Gasteiger partial charge < -0.3 is 29.5 Å². The number of carbonyl (C=O) groups is 1. The molecule has 0 aromatic heterocycles. The van der Waals surface area contributed by atoms with E-state index in [4.69, 9.17) is 14.2 Å². The largest absolute Gasteiger partial charge is 0.504 e. The Bertz CT molecular complexity index is 1100. The number of esters is 1. The number of allylic oxidation sites excluding steroid dienone is 4. The van der Waals surface area contributed by atoms with Crippen molar-refractivity contribution in [3.8, 4) is 40.2 Å². The van der Waals surface area contributed by atoms with Gasteiger partial charge in [-0.15, -0.1) is 0 Å². The maximum absolute atomic E-state index is 12.8. The Labute approximate surface area is 180 Å². The average Bonchev–Trinajstić information content (AvgIpc) is 2.85. The molecule has 1 aliphatic rings. The highest BCUT2D eigenvalue weighted by Gasteiger charge is 2.32. The first-order chi connectivity index (χ1) is 14.6. The van der Waals surface area contributed by atoms with Crippen LogP contribution >= 0.6 is 0 Å². The Hall–Kier alpha value is -3.61. The molecule has 3 N–H and O–H groups in total. The summed E-state index contributed by atoms with van der Waals surface area (Å²) in [5.74, 6) is -2.19. The maximum atomic E-state index is 12.8. The van der Waals surface area contributed by atoms with E-state index in [1.165, 1.54) is 19.2 Å². The molecule has 7 heteroatoms. The third-order valence-electron chi connectivity index (χ3n) is 4.88. The molecule has 0 amide bonds. The summed E-state index contributed by atoms with van der Waals surface area (Å²) in [4.78, 5) is 12.8. The number of fused-ring (bicyclic) bond motifs is 2. The second-order valence-corrected chi connectivity index (χ2v) is 7.81. The topological polar surface area (TPSA) is 105 Å². The monoisotopic (exact) mass is 426 g/mol. The Morgan fingerprint density at radius 2 is 1.55 bits per heavy atom. The lowest BCUT2D eigenvalue weighted by molar-refractivity contribution is 0.0732. The molecule has 0 saturated carbocycles. The minimum atomic E-state index is -0.823. The van der Waals surface area contributed by atoms with Crippen molar-refractivity contribution < 1.29 is 34.3 Å². The second-order valence-electron chi connectivity index (χ2n) is 7.81. The first kappa shape index (κ1) is 22.1. The molecule has 2 aromatic rings. The van der Waals surface area contributed by atoms with E-state index in [2.05, 4.69) is 0 Å². The summed E-state index contributed by atoms with van der Waals surface area (Å²) in [6.07, 6.45) is 4.41. The van der Waals surface area contributed by atoms with Gasteiger partial charge in [0.05, 0.1) is 7.11 Å². The Morgan fingerprint density at radius 3 is 2.16 bits per heavy atom. The molecular weight excluding hydrogens is 400 g/mol. The highest BCUT2D eigenvalue weighted by Crippen LogP contribution is 2.52. The molecule has 2 aromatic carbocycles. The van der Waals surface area contributed by atoms with Gasteiger partial charge in [0, 0.05) is 17.2 Å². The summed E-state index contributed by atoms with van der Waals surface area (Å²) in [6.45, 7) is 7.65. The van der Waals surface area contributed by atoms with Crippen LogP contribution in [0.25, 0.3) is 0 Å². The Balaban J connectivity index is 2.15. The minimum absolute atomic E-state index is 0.0193. The fourth-order valence-corrected chi connectivity index (χ4v) is 3.18. The third kappa shape index (κ3) is 4.30. The van der Waals surface area contributed by atoms with Crippen LogP contribution in [0.4, 0.5) is 0 Å². The van der Waals surface area contributed by atoms with E-state index in [-0.39, 0.29) is 34.3 Å². The predicted molar refractivity (Wildman–Crippen MR) is 116 cm³/mol. The van der Waals surface area contributed by atoms with Crippen LogP contribution < -0.4 is 14.2 Å². The molecule has 7 nitrogen and oxygen atoms in total. The third-order valence-corrected chi connectivity index (χ3v) is 4.88. The maximum Gasteiger partial charge on any atom is 0.347 e. The van der Waals surface area contributed by atoms with E-state index < -0.39 is 11.7 Å². The van der Waals surface area contributed by atoms with Crippen molar-refractivity contribution in [2.75, 3.05) is 7.11 Å². The number of methoxy groups -OCH3 is 1. The number of hydrogen-bond donors (Lipinski definition) is 3. The molecule has 0 aliphatic carbocycles. The second kappa shape index (κ2) is 8.63. The van der Waals surface area contributed by atoms with Gasteiger partial charge in [-0.2, -0.15) is 0 Å². The summed E-state index contributed by atoms with van der Waals surface area (Å²) in [7, 11) is 1.45. The first-order valence-electron chi connectivity index (χ1n) is 9.81. The molecule has 0 radical (unpaired) electrons. The van der Waals surface area contributed by atoms with Gasteiger partial charge in [0.2, 0.25) is 11.5 Å². The van der Waals surface area contributed by atoms with Gasteiger partial charge in [0.1, 0.15) is 11.3 Å². The van der Waals surface area contributed by atoms with E-state index >= 15 is 0 Å². The van der Waals surface area contributed by atoms with Crippen LogP contribution in [0.3, 0.4) is 0 Å². The van der Waals surface area contributed by atoms with Gasteiger partial charge in [-0.05, 0) is 46.6 Å². The Kier molecular flexibility index (Phi) is 6.15.